The van der Waals surface area contributed by atoms with Crippen molar-refractivity contribution < 1.29 is 9.94 Å². The summed E-state index contributed by atoms with van der Waals surface area (Å²) in [7, 11) is 0. The van der Waals surface area contributed by atoms with E-state index >= 15 is 0 Å². The number of amidine groups is 1. The molecule has 0 bridgehead atoms. The van der Waals surface area contributed by atoms with E-state index in [0.717, 1.165) is 10.4 Å². The summed E-state index contributed by atoms with van der Waals surface area (Å²) in [6.07, 6.45) is 0. The van der Waals surface area contributed by atoms with Crippen molar-refractivity contribution in [2.24, 2.45) is 10.9 Å². The maximum Gasteiger partial charge on any atom is 0.173 e. The van der Waals surface area contributed by atoms with Crippen LogP contribution in [0.25, 0.3) is 0 Å². The molecule has 0 aliphatic rings. The molecule has 0 aliphatic carbocycles. The molecular formula is C13H14N2O2S. The smallest absolute Gasteiger partial charge is 0.173 e. The Morgan fingerprint density at radius 3 is 2.94 bits per heavy atom. The summed E-state index contributed by atoms with van der Waals surface area (Å²) < 4.78 is 5.72. The second-order valence-electron chi connectivity index (χ2n) is 3.85. The number of rotatable bonds is 4. The van der Waals surface area contributed by atoms with E-state index in [9.17, 15) is 0 Å². The number of hydrogen-bond donors (Lipinski definition) is 2. The van der Waals surface area contributed by atoms with E-state index in [-0.39, 0.29) is 5.84 Å². The third-order valence-electron chi connectivity index (χ3n) is 2.47. The number of aryl methyl sites for hydroxylation is 1. The minimum Gasteiger partial charge on any atom is -0.487 e. The highest BCUT2D eigenvalue weighted by Gasteiger charge is 2.09. The van der Waals surface area contributed by atoms with E-state index in [0.29, 0.717) is 17.9 Å². The fourth-order valence-corrected chi connectivity index (χ4v) is 2.17. The molecule has 3 N–H and O–H groups in total. The van der Waals surface area contributed by atoms with E-state index in [1.54, 1.807) is 17.4 Å². The van der Waals surface area contributed by atoms with Gasteiger partial charge in [-0.05, 0) is 36.1 Å². The van der Waals surface area contributed by atoms with Crippen LogP contribution in [0.15, 0.2) is 40.9 Å². The van der Waals surface area contributed by atoms with Crippen molar-refractivity contribution in [3.63, 3.8) is 0 Å². The normalized spacial score (nSPS) is 11.5. The van der Waals surface area contributed by atoms with Gasteiger partial charge in [-0.2, -0.15) is 0 Å². The Morgan fingerprint density at radius 1 is 1.44 bits per heavy atom. The molecule has 94 valence electrons. The number of oxime groups is 1. The van der Waals surface area contributed by atoms with Crippen molar-refractivity contribution in [3.8, 4) is 5.75 Å². The number of hydrogen-bond acceptors (Lipinski definition) is 4. The average molecular weight is 262 g/mol. The summed E-state index contributed by atoms with van der Waals surface area (Å²) in [5.41, 5.74) is 7.27. The van der Waals surface area contributed by atoms with Crippen LogP contribution in [-0.4, -0.2) is 11.0 Å². The second-order valence-corrected chi connectivity index (χ2v) is 4.89. The Hall–Kier alpha value is -2.01. The lowest BCUT2D eigenvalue weighted by molar-refractivity contribution is 0.306. The molecule has 0 aliphatic heterocycles. The SMILES string of the molecule is Cc1ccc(C(N)=NO)c(OCc2cccs2)c1. The molecule has 5 heteroatoms. The van der Waals surface area contributed by atoms with Gasteiger partial charge in [0.15, 0.2) is 5.84 Å². The Kier molecular flexibility index (Phi) is 3.84. The maximum atomic E-state index is 8.74. The minimum absolute atomic E-state index is 0.0520. The third kappa shape index (κ3) is 2.81. The Bertz CT molecular complexity index is 550. The summed E-state index contributed by atoms with van der Waals surface area (Å²) in [6.45, 7) is 2.45. The molecule has 0 saturated heterocycles. The molecule has 0 atom stereocenters. The van der Waals surface area contributed by atoms with Gasteiger partial charge in [0, 0.05) is 4.88 Å². The van der Waals surface area contributed by atoms with Gasteiger partial charge in [0.2, 0.25) is 0 Å². The third-order valence-corrected chi connectivity index (χ3v) is 3.32. The quantitative estimate of drug-likeness (QED) is 0.385. The Morgan fingerprint density at radius 2 is 2.28 bits per heavy atom. The zero-order valence-corrected chi connectivity index (χ0v) is 10.8. The van der Waals surface area contributed by atoms with Crippen molar-refractivity contribution in [1.82, 2.24) is 0 Å². The molecule has 0 spiro atoms. The second kappa shape index (κ2) is 5.55. The highest BCUT2D eigenvalue weighted by atomic mass is 32.1. The van der Waals surface area contributed by atoms with Crippen LogP contribution in [0.3, 0.4) is 0 Å². The number of benzene rings is 1. The first-order valence-corrected chi connectivity index (χ1v) is 6.32. The molecule has 0 amide bonds. The fraction of sp³-hybridized carbons (Fsp3) is 0.154. The van der Waals surface area contributed by atoms with Crippen molar-refractivity contribution in [3.05, 3.63) is 51.7 Å². The van der Waals surface area contributed by atoms with Gasteiger partial charge in [-0.1, -0.05) is 17.3 Å². The highest BCUT2D eigenvalue weighted by Crippen LogP contribution is 2.22. The van der Waals surface area contributed by atoms with Gasteiger partial charge in [0.1, 0.15) is 12.4 Å². The first-order chi connectivity index (χ1) is 8.70. The molecular weight excluding hydrogens is 248 g/mol. The van der Waals surface area contributed by atoms with Crippen molar-refractivity contribution >= 4 is 17.2 Å². The average Bonchev–Trinajstić information content (AvgIpc) is 2.88. The van der Waals surface area contributed by atoms with Crippen molar-refractivity contribution in [2.75, 3.05) is 0 Å². The molecule has 0 radical (unpaired) electrons. The number of nitrogens with zero attached hydrogens (tertiary/aromatic N) is 1. The monoisotopic (exact) mass is 262 g/mol. The molecule has 1 heterocycles. The molecule has 2 aromatic rings. The Balaban J connectivity index is 2.22. The molecule has 0 saturated carbocycles. The van der Waals surface area contributed by atoms with Crippen molar-refractivity contribution in [2.45, 2.75) is 13.5 Å². The van der Waals surface area contributed by atoms with Gasteiger partial charge in [0.05, 0.1) is 5.56 Å². The molecule has 0 fully saturated rings. The van der Waals surface area contributed by atoms with Crippen LogP contribution in [0, 0.1) is 6.92 Å². The first-order valence-electron chi connectivity index (χ1n) is 5.44. The van der Waals surface area contributed by atoms with Gasteiger partial charge in [0.25, 0.3) is 0 Å². The molecule has 1 aromatic heterocycles. The van der Waals surface area contributed by atoms with Gasteiger partial charge in [-0.25, -0.2) is 0 Å². The van der Waals surface area contributed by atoms with Crippen LogP contribution < -0.4 is 10.5 Å². The van der Waals surface area contributed by atoms with Gasteiger partial charge < -0.3 is 15.7 Å². The number of nitrogens with two attached hydrogens (primary N) is 1. The van der Waals surface area contributed by atoms with E-state index in [2.05, 4.69) is 5.16 Å². The highest BCUT2D eigenvalue weighted by molar-refractivity contribution is 7.09. The van der Waals surface area contributed by atoms with E-state index < -0.39 is 0 Å². The van der Waals surface area contributed by atoms with Crippen LogP contribution in [0.4, 0.5) is 0 Å². The molecule has 2 rings (SSSR count). The van der Waals surface area contributed by atoms with Crippen LogP contribution in [-0.2, 0) is 6.61 Å². The first kappa shape index (κ1) is 12.4. The predicted molar refractivity (Wildman–Crippen MR) is 72.3 cm³/mol. The lowest BCUT2D eigenvalue weighted by Crippen LogP contribution is -2.14. The van der Waals surface area contributed by atoms with Crippen LogP contribution >= 0.6 is 11.3 Å². The van der Waals surface area contributed by atoms with E-state index in [4.69, 9.17) is 15.7 Å². The lowest BCUT2D eigenvalue weighted by Gasteiger charge is -2.10. The van der Waals surface area contributed by atoms with Crippen LogP contribution in [0.5, 0.6) is 5.75 Å². The van der Waals surface area contributed by atoms with Crippen molar-refractivity contribution in [1.29, 1.82) is 0 Å². The fourth-order valence-electron chi connectivity index (χ4n) is 1.56. The molecule has 4 nitrogen and oxygen atoms in total. The number of thiophene rings is 1. The topological polar surface area (TPSA) is 67.8 Å². The van der Waals surface area contributed by atoms with E-state index in [1.165, 1.54) is 0 Å². The maximum absolute atomic E-state index is 8.74. The summed E-state index contributed by atoms with van der Waals surface area (Å²) in [6, 6.07) is 9.54. The summed E-state index contributed by atoms with van der Waals surface area (Å²) in [5, 5.41) is 13.8. The predicted octanol–water partition coefficient (Wildman–Crippen LogP) is 2.73. The summed E-state index contributed by atoms with van der Waals surface area (Å²) >= 11 is 1.63. The standard InChI is InChI=1S/C13H14N2O2S/c1-9-4-5-11(13(14)15-16)12(7-9)17-8-10-3-2-6-18-10/h2-7,16H,8H2,1H3,(H2,14,15). The molecule has 18 heavy (non-hydrogen) atoms. The number of ether oxygens (including phenoxy) is 1. The van der Waals surface area contributed by atoms with Crippen LogP contribution in [0.2, 0.25) is 0 Å². The minimum atomic E-state index is 0.0520. The lowest BCUT2D eigenvalue weighted by atomic mass is 10.1. The molecule has 1 aromatic carbocycles. The zero-order valence-electron chi connectivity index (χ0n) is 9.96. The largest absolute Gasteiger partial charge is 0.487 e. The van der Waals surface area contributed by atoms with Crippen LogP contribution in [0.1, 0.15) is 16.0 Å². The van der Waals surface area contributed by atoms with Gasteiger partial charge in [-0.15, -0.1) is 11.3 Å². The van der Waals surface area contributed by atoms with E-state index in [1.807, 2.05) is 36.6 Å². The van der Waals surface area contributed by atoms with Gasteiger partial charge in [-0.3, -0.25) is 0 Å². The zero-order chi connectivity index (χ0) is 13.0. The summed E-state index contributed by atoms with van der Waals surface area (Å²) in [5.74, 6) is 0.676. The Labute approximate surface area is 109 Å². The molecule has 0 unspecified atom stereocenters. The van der Waals surface area contributed by atoms with Gasteiger partial charge >= 0.3 is 0 Å². The summed E-state index contributed by atoms with van der Waals surface area (Å²) in [4.78, 5) is 1.13.